The first kappa shape index (κ1) is 38.6. The van der Waals surface area contributed by atoms with Gasteiger partial charge in [0.1, 0.15) is 22.7 Å². The maximum Gasteiger partial charge on any atom is 0.410 e. The topological polar surface area (TPSA) is 134 Å². The van der Waals surface area contributed by atoms with E-state index in [9.17, 15) is 14.4 Å². The van der Waals surface area contributed by atoms with Crippen LogP contribution in [-0.2, 0) is 16.0 Å². The Morgan fingerprint density at radius 3 is 2.45 bits per heavy atom. The first-order chi connectivity index (χ1) is 26.4. The molecule has 0 spiro atoms. The number of amides is 2. The van der Waals surface area contributed by atoms with Crippen molar-refractivity contribution in [3.8, 4) is 33.5 Å². The molecular weight excluding hydrogens is 726 g/mol. The number of anilines is 1. The molecule has 6 rings (SSSR count). The maximum absolute atomic E-state index is 15.5. The second-order valence-electron chi connectivity index (χ2n) is 13.3. The van der Waals surface area contributed by atoms with E-state index in [1.807, 2.05) is 45.0 Å². The summed E-state index contributed by atoms with van der Waals surface area (Å²) in [5, 5.41) is 2.62. The normalized spacial score (nSPS) is 11.3. The van der Waals surface area contributed by atoms with E-state index >= 15 is 4.39 Å². The molecule has 0 bridgehead atoms. The lowest BCUT2D eigenvalue weighted by Gasteiger charge is -2.27. The first-order valence-corrected chi connectivity index (χ1v) is 18.3. The smallest absolute Gasteiger partial charge is 0.410 e. The molecule has 0 unspecified atom stereocenters. The Bertz CT molecular complexity index is 2360. The van der Waals surface area contributed by atoms with Gasteiger partial charge in [-0.2, -0.15) is 0 Å². The Morgan fingerprint density at radius 2 is 1.76 bits per heavy atom. The predicted octanol–water partition coefficient (Wildman–Crippen LogP) is 8.48. The standard InChI is InChI=1S/C41H40FN5O7S/c1-6-52-33-17-19-47(28-10-8-7-9-11-28)39(49)36(33)38(48)45-27-13-15-32(29(42)22-27)53-34-16-18-43-31-23-35(55-37(31)34)30-14-12-26(24-44-30)25-46(20-21-51-5)40(50)54-41(2,3)4/h7-19,22-24H,6,20-21,25H2,1-5H3,(H,45,48). The van der Waals surface area contributed by atoms with Crippen LogP contribution in [0.3, 0.4) is 0 Å². The molecule has 4 heterocycles. The molecule has 2 amide bonds. The van der Waals surface area contributed by atoms with Gasteiger partial charge in [-0.05, 0) is 75.7 Å². The lowest BCUT2D eigenvalue weighted by Crippen LogP contribution is -2.38. The molecule has 14 heteroatoms. The SMILES string of the molecule is CCOc1ccn(-c2ccccc2)c(=O)c1C(=O)Nc1ccc(Oc2ccnc3cc(-c4ccc(CN(CCOC)C(=O)OC(C)(C)C)cn4)sc23)c(F)c1. The number of carbonyl (C=O) groups excluding carboxylic acids is 2. The number of benzene rings is 2. The van der Waals surface area contributed by atoms with Crippen molar-refractivity contribution >= 4 is 39.2 Å². The molecule has 0 saturated heterocycles. The van der Waals surface area contributed by atoms with Crippen LogP contribution in [0.5, 0.6) is 17.2 Å². The van der Waals surface area contributed by atoms with Crippen LogP contribution >= 0.6 is 11.3 Å². The highest BCUT2D eigenvalue weighted by Gasteiger charge is 2.23. The highest BCUT2D eigenvalue weighted by Crippen LogP contribution is 2.39. The number of pyridine rings is 3. The van der Waals surface area contributed by atoms with Crippen molar-refractivity contribution < 1.29 is 32.9 Å². The van der Waals surface area contributed by atoms with Crippen LogP contribution in [0.1, 0.15) is 43.6 Å². The van der Waals surface area contributed by atoms with Gasteiger partial charge in [-0.1, -0.05) is 24.3 Å². The number of hydrogen-bond acceptors (Lipinski definition) is 10. The number of halogens is 1. The average Bonchev–Trinajstić information content (AvgIpc) is 3.60. The molecular formula is C41H40FN5O7S. The van der Waals surface area contributed by atoms with E-state index in [0.29, 0.717) is 47.0 Å². The summed E-state index contributed by atoms with van der Waals surface area (Å²) < 4.78 is 39.9. The number of methoxy groups -OCH3 is 1. The summed E-state index contributed by atoms with van der Waals surface area (Å²) in [6.07, 6.45) is 4.38. The minimum absolute atomic E-state index is 0.0768. The van der Waals surface area contributed by atoms with E-state index in [1.165, 1.54) is 28.0 Å². The van der Waals surface area contributed by atoms with Gasteiger partial charge in [0.05, 0.1) is 40.5 Å². The lowest BCUT2D eigenvalue weighted by atomic mass is 10.2. The van der Waals surface area contributed by atoms with Crippen LogP contribution in [0.15, 0.2) is 102 Å². The monoisotopic (exact) mass is 765 g/mol. The van der Waals surface area contributed by atoms with Gasteiger partial charge in [-0.15, -0.1) is 11.3 Å². The van der Waals surface area contributed by atoms with E-state index in [0.717, 1.165) is 16.5 Å². The second-order valence-corrected chi connectivity index (χ2v) is 14.3. The molecule has 0 atom stereocenters. The number of aromatic nitrogens is 3. The van der Waals surface area contributed by atoms with Gasteiger partial charge < -0.3 is 29.2 Å². The number of thiophene rings is 1. The highest BCUT2D eigenvalue weighted by atomic mass is 32.1. The van der Waals surface area contributed by atoms with Gasteiger partial charge in [-0.3, -0.25) is 24.1 Å². The van der Waals surface area contributed by atoms with Gasteiger partial charge >= 0.3 is 6.09 Å². The van der Waals surface area contributed by atoms with Crippen molar-refractivity contribution in [2.75, 3.05) is 32.2 Å². The molecule has 55 heavy (non-hydrogen) atoms. The molecule has 0 aliphatic rings. The van der Waals surface area contributed by atoms with Crippen molar-refractivity contribution in [3.05, 3.63) is 125 Å². The fraction of sp³-hybridized carbons (Fsp3) is 0.244. The summed E-state index contributed by atoms with van der Waals surface area (Å²) in [5.41, 5.74) is 1.40. The number of para-hydroxylation sites is 1. The number of fused-ring (bicyclic) bond motifs is 1. The quantitative estimate of drug-likeness (QED) is 0.123. The number of ether oxygens (including phenoxy) is 4. The number of rotatable bonds is 13. The molecule has 1 N–H and O–H groups in total. The van der Waals surface area contributed by atoms with Gasteiger partial charge in [-0.25, -0.2) is 9.18 Å². The average molecular weight is 766 g/mol. The van der Waals surface area contributed by atoms with Crippen LogP contribution in [0.25, 0.3) is 26.5 Å². The molecule has 0 aliphatic heterocycles. The fourth-order valence-electron chi connectivity index (χ4n) is 5.54. The zero-order valence-electron chi connectivity index (χ0n) is 31.0. The van der Waals surface area contributed by atoms with E-state index in [2.05, 4.69) is 15.3 Å². The summed E-state index contributed by atoms with van der Waals surface area (Å²) in [6.45, 7) is 8.44. The Hall–Kier alpha value is -6.12. The van der Waals surface area contributed by atoms with Crippen molar-refractivity contribution in [1.29, 1.82) is 0 Å². The Kier molecular flexibility index (Phi) is 11.9. The van der Waals surface area contributed by atoms with Gasteiger partial charge in [0, 0.05) is 55.8 Å². The number of hydrogen-bond donors (Lipinski definition) is 1. The molecule has 12 nitrogen and oxygen atoms in total. The third kappa shape index (κ3) is 9.34. The summed E-state index contributed by atoms with van der Waals surface area (Å²) in [6, 6.07) is 21.7. The van der Waals surface area contributed by atoms with Crippen molar-refractivity contribution in [3.63, 3.8) is 0 Å². The lowest BCUT2D eigenvalue weighted by molar-refractivity contribution is 0.0183. The molecule has 6 aromatic rings. The first-order valence-electron chi connectivity index (χ1n) is 17.5. The molecule has 284 valence electrons. The van der Waals surface area contributed by atoms with Crippen molar-refractivity contribution in [2.24, 2.45) is 0 Å². The van der Waals surface area contributed by atoms with Crippen LogP contribution in [-0.4, -0.2) is 63.9 Å². The Labute approximate surface area is 321 Å². The van der Waals surface area contributed by atoms with E-state index in [4.69, 9.17) is 18.9 Å². The number of nitrogens with zero attached hydrogens (tertiary/aromatic N) is 4. The Balaban J connectivity index is 1.18. The minimum atomic E-state index is -0.748. The second kappa shape index (κ2) is 16.9. The Morgan fingerprint density at radius 1 is 0.964 bits per heavy atom. The molecule has 4 aromatic heterocycles. The molecule has 2 aromatic carbocycles. The van der Waals surface area contributed by atoms with Crippen LogP contribution < -0.4 is 20.3 Å². The molecule has 0 fully saturated rings. The van der Waals surface area contributed by atoms with Gasteiger partial charge in [0.25, 0.3) is 11.5 Å². The van der Waals surface area contributed by atoms with Crippen LogP contribution in [0.4, 0.5) is 14.9 Å². The summed E-state index contributed by atoms with van der Waals surface area (Å²) in [4.78, 5) is 51.2. The molecule has 0 saturated carbocycles. The van der Waals surface area contributed by atoms with E-state index < -0.39 is 29.0 Å². The highest BCUT2D eigenvalue weighted by molar-refractivity contribution is 7.22. The molecule has 0 radical (unpaired) electrons. The molecule has 0 aliphatic carbocycles. The zero-order valence-corrected chi connectivity index (χ0v) is 31.8. The van der Waals surface area contributed by atoms with E-state index in [-0.39, 0.29) is 29.4 Å². The van der Waals surface area contributed by atoms with Crippen LogP contribution in [0, 0.1) is 5.82 Å². The van der Waals surface area contributed by atoms with Crippen molar-refractivity contribution in [2.45, 2.75) is 39.8 Å². The largest absolute Gasteiger partial charge is 0.493 e. The summed E-state index contributed by atoms with van der Waals surface area (Å²) in [7, 11) is 1.58. The van der Waals surface area contributed by atoms with Gasteiger partial charge in [0.2, 0.25) is 0 Å². The fourth-order valence-corrected chi connectivity index (χ4v) is 6.58. The predicted molar refractivity (Wildman–Crippen MR) is 209 cm³/mol. The maximum atomic E-state index is 15.5. The number of carbonyl (C=O) groups is 2. The zero-order chi connectivity index (χ0) is 39.1. The third-order valence-electron chi connectivity index (χ3n) is 8.07. The number of nitrogens with one attached hydrogen (secondary N) is 1. The minimum Gasteiger partial charge on any atom is -0.493 e. The van der Waals surface area contributed by atoms with Crippen LogP contribution in [0.2, 0.25) is 0 Å². The van der Waals surface area contributed by atoms with Gasteiger partial charge in [0.15, 0.2) is 11.6 Å². The third-order valence-corrected chi connectivity index (χ3v) is 9.23. The summed E-state index contributed by atoms with van der Waals surface area (Å²) in [5.74, 6) is -1.06. The van der Waals surface area contributed by atoms with Crippen molar-refractivity contribution in [1.82, 2.24) is 19.4 Å². The van der Waals surface area contributed by atoms with E-state index in [1.54, 1.807) is 73.9 Å². The summed E-state index contributed by atoms with van der Waals surface area (Å²) >= 11 is 1.39.